The van der Waals surface area contributed by atoms with E-state index >= 15 is 0 Å². The van der Waals surface area contributed by atoms with Crippen LogP contribution in [0, 0.1) is 6.92 Å². The van der Waals surface area contributed by atoms with Crippen LogP contribution in [-0.2, 0) is 11.3 Å². The highest BCUT2D eigenvalue weighted by Crippen LogP contribution is 2.28. The number of carbonyl (C=O) groups is 1. The number of allylic oxidation sites excluding steroid dienone is 1. The fourth-order valence-electron chi connectivity index (χ4n) is 3.01. The molecule has 0 saturated carbocycles. The van der Waals surface area contributed by atoms with Crippen molar-refractivity contribution in [1.82, 2.24) is 14.8 Å². The van der Waals surface area contributed by atoms with E-state index in [0.717, 1.165) is 28.7 Å². The second-order valence-electron chi connectivity index (χ2n) is 5.45. The number of carbonyl (C=O) groups excluding carboxylic acids is 1. The molecule has 1 saturated heterocycles. The zero-order valence-electron chi connectivity index (χ0n) is 13.3. The third kappa shape index (κ3) is 2.47. The number of thiocarbonyl (C=S) groups is 1. The Morgan fingerprint density at radius 1 is 1.35 bits per heavy atom. The quantitative estimate of drug-likeness (QED) is 0.533. The molecule has 2 heterocycles. The lowest BCUT2D eigenvalue weighted by Crippen LogP contribution is -2.30. The minimum absolute atomic E-state index is 0.0718. The van der Waals surface area contributed by atoms with Crippen LogP contribution in [0.25, 0.3) is 17.0 Å². The van der Waals surface area contributed by atoms with Gasteiger partial charge in [0.2, 0.25) is 0 Å². The van der Waals surface area contributed by atoms with E-state index in [0.29, 0.717) is 17.4 Å². The number of para-hydroxylation sites is 1. The van der Waals surface area contributed by atoms with Gasteiger partial charge < -0.3 is 9.88 Å². The fraction of sp³-hybridized carbons (Fsp3) is 0.222. The molecule has 1 aromatic heterocycles. The summed E-state index contributed by atoms with van der Waals surface area (Å²) in [5, 5.41) is 4.61. The Labute approximate surface area is 141 Å². The molecule has 23 heavy (non-hydrogen) atoms. The average molecular weight is 325 g/mol. The van der Waals surface area contributed by atoms with Crippen LogP contribution in [0.15, 0.2) is 42.6 Å². The Kier molecular flexibility index (Phi) is 4.05. The average Bonchev–Trinajstić information content (AvgIpc) is 2.96. The number of aromatic nitrogens is 1. The van der Waals surface area contributed by atoms with Gasteiger partial charge in [-0.2, -0.15) is 0 Å². The standard InChI is InChI=1S/C18H19N3OS/c1-4-10-21-12(3)14(13-8-6-7-9-16(13)21)11-15-17(22)20(5-2)18(23)19-15/h4,6-9,11H,1,5,10H2,2-3H3,(H,19,23)/b15-11-. The molecule has 0 spiro atoms. The van der Waals surface area contributed by atoms with Crippen LogP contribution >= 0.6 is 12.2 Å². The monoisotopic (exact) mass is 325 g/mol. The molecule has 1 N–H and O–H groups in total. The van der Waals surface area contributed by atoms with Gasteiger partial charge in [0.25, 0.3) is 5.91 Å². The molecule has 4 nitrogen and oxygen atoms in total. The van der Waals surface area contributed by atoms with Crippen LogP contribution in [0.3, 0.4) is 0 Å². The van der Waals surface area contributed by atoms with Crippen molar-refractivity contribution in [3.63, 3.8) is 0 Å². The highest BCUT2D eigenvalue weighted by Gasteiger charge is 2.29. The number of amides is 1. The SMILES string of the molecule is C=CCn1c(C)c(/C=C2\NC(=S)N(CC)C2=O)c2ccccc21. The first-order valence-corrected chi connectivity index (χ1v) is 8.02. The summed E-state index contributed by atoms with van der Waals surface area (Å²) in [6.07, 6.45) is 3.78. The molecular formula is C18H19N3OS. The van der Waals surface area contributed by atoms with Crippen molar-refractivity contribution in [2.45, 2.75) is 20.4 Å². The van der Waals surface area contributed by atoms with Crippen LogP contribution in [0.4, 0.5) is 0 Å². The van der Waals surface area contributed by atoms with Gasteiger partial charge in [0.1, 0.15) is 5.70 Å². The number of likely N-dealkylation sites (N-methyl/N-ethyl adjacent to an activating group) is 1. The molecule has 1 aliphatic heterocycles. The zero-order valence-corrected chi connectivity index (χ0v) is 14.1. The third-order valence-corrected chi connectivity index (χ3v) is 4.48. The van der Waals surface area contributed by atoms with Crippen LogP contribution in [0.2, 0.25) is 0 Å². The predicted molar refractivity (Wildman–Crippen MR) is 98.0 cm³/mol. The number of fused-ring (bicyclic) bond motifs is 1. The first kappa shape index (κ1) is 15.5. The Bertz CT molecular complexity index is 847. The van der Waals surface area contributed by atoms with E-state index in [1.807, 2.05) is 31.2 Å². The molecule has 5 heteroatoms. The van der Waals surface area contributed by atoms with E-state index in [1.165, 1.54) is 0 Å². The minimum Gasteiger partial charge on any atom is -0.340 e. The van der Waals surface area contributed by atoms with Crippen molar-refractivity contribution in [3.8, 4) is 0 Å². The van der Waals surface area contributed by atoms with Gasteiger partial charge in [-0.25, -0.2) is 0 Å². The van der Waals surface area contributed by atoms with E-state index < -0.39 is 0 Å². The summed E-state index contributed by atoms with van der Waals surface area (Å²) in [6, 6.07) is 8.19. The maximum absolute atomic E-state index is 12.4. The molecule has 1 aromatic carbocycles. The van der Waals surface area contributed by atoms with Crippen molar-refractivity contribution >= 4 is 40.2 Å². The van der Waals surface area contributed by atoms with Crippen LogP contribution in [0.5, 0.6) is 0 Å². The maximum atomic E-state index is 12.4. The number of nitrogens with one attached hydrogen (secondary N) is 1. The number of nitrogens with zero attached hydrogens (tertiary/aromatic N) is 2. The van der Waals surface area contributed by atoms with E-state index in [4.69, 9.17) is 12.2 Å². The first-order valence-electron chi connectivity index (χ1n) is 7.61. The molecule has 0 atom stereocenters. The van der Waals surface area contributed by atoms with Gasteiger partial charge >= 0.3 is 0 Å². The molecule has 0 bridgehead atoms. The second kappa shape index (κ2) is 6.01. The van der Waals surface area contributed by atoms with Gasteiger partial charge in [0, 0.05) is 35.2 Å². The minimum atomic E-state index is -0.0718. The summed E-state index contributed by atoms with van der Waals surface area (Å²) in [6.45, 7) is 9.11. The van der Waals surface area contributed by atoms with Crippen molar-refractivity contribution in [2.75, 3.05) is 6.54 Å². The maximum Gasteiger partial charge on any atom is 0.276 e. The summed E-state index contributed by atoms with van der Waals surface area (Å²) < 4.78 is 2.20. The molecule has 118 valence electrons. The van der Waals surface area contributed by atoms with E-state index in [1.54, 1.807) is 4.90 Å². The molecule has 2 aromatic rings. The van der Waals surface area contributed by atoms with E-state index in [-0.39, 0.29) is 5.91 Å². The van der Waals surface area contributed by atoms with E-state index in [2.05, 4.69) is 35.5 Å². The third-order valence-electron chi connectivity index (χ3n) is 4.16. The summed E-state index contributed by atoms with van der Waals surface area (Å²) in [5.74, 6) is -0.0718. The molecule has 1 amide bonds. The fourth-order valence-corrected chi connectivity index (χ4v) is 3.33. The largest absolute Gasteiger partial charge is 0.340 e. The van der Waals surface area contributed by atoms with Gasteiger partial charge in [-0.1, -0.05) is 24.3 Å². The Morgan fingerprint density at radius 3 is 2.74 bits per heavy atom. The first-order chi connectivity index (χ1) is 11.1. The highest BCUT2D eigenvalue weighted by atomic mass is 32.1. The van der Waals surface area contributed by atoms with Crippen LogP contribution in [0.1, 0.15) is 18.2 Å². The van der Waals surface area contributed by atoms with Crippen molar-refractivity contribution in [2.24, 2.45) is 0 Å². The van der Waals surface area contributed by atoms with Gasteiger partial charge in [-0.15, -0.1) is 6.58 Å². The van der Waals surface area contributed by atoms with Gasteiger partial charge in [-0.05, 0) is 38.2 Å². The molecule has 1 fully saturated rings. The zero-order chi connectivity index (χ0) is 16.6. The molecule has 3 rings (SSSR count). The van der Waals surface area contributed by atoms with Crippen LogP contribution in [-0.4, -0.2) is 27.0 Å². The Balaban J connectivity index is 2.16. The Morgan fingerprint density at radius 2 is 2.09 bits per heavy atom. The molecule has 1 aliphatic rings. The van der Waals surface area contributed by atoms with Crippen molar-refractivity contribution in [3.05, 3.63) is 53.9 Å². The van der Waals surface area contributed by atoms with Gasteiger partial charge in [0.15, 0.2) is 5.11 Å². The van der Waals surface area contributed by atoms with Crippen molar-refractivity contribution in [1.29, 1.82) is 0 Å². The number of rotatable bonds is 4. The summed E-state index contributed by atoms with van der Waals surface area (Å²) in [7, 11) is 0. The lowest BCUT2D eigenvalue weighted by atomic mass is 10.1. The lowest BCUT2D eigenvalue weighted by Gasteiger charge is -2.08. The predicted octanol–water partition coefficient (Wildman–Crippen LogP) is 3.21. The van der Waals surface area contributed by atoms with Gasteiger partial charge in [0.05, 0.1) is 0 Å². The summed E-state index contributed by atoms with van der Waals surface area (Å²) in [4.78, 5) is 14.0. The smallest absolute Gasteiger partial charge is 0.276 e. The molecular weight excluding hydrogens is 306 g/mol. The highest BCUT2D eigenvalue weighted by molar-refractivity contribution is 7.80. The van der Waals surface area contributed by atoms with Gasteiger partial charge in [-0.3, -0.25) is 9.69 Å². The summed E-state index contributed by atoms with van der Waals surface area (Å²) >= 11 is 5.22. The normalized spacial score (nSPS) is 16.4. The number of hydrogen-bond donors (Lipinski definition) is 1. The number of benzene rings is 1. The molecule has 0 unspecified atom stereocenters. The number of hydrogen-bond acceptors (Lipinski definition) is 2. The van der Waals surface area contributed by atoms with Crippen molar-refractivity contribution < 1.29 is 4.79 Å². The molecule has 0 aliphatic carbocycles. The van der Waals surface area contributed by atoms with E-state index in [9.17, 15) is 4.79 Å². The van der Waals surface area contributed by atoms with Crippen LogP contribution < -0.4 is 5.32 Å². The lowest BCUT2D eigenvalue weighted by molar-refractivity contribution is -0.122. The topological polar surface area (TPSA) is 37.3 Å². The molecule has 0 radical (unpaired) electrons. The second-order valence-corrected chi connectivity index (χ2v) is 5.84. The Hall–Kier alpha value is -2.40. The summed E-state index contributed by atoms with van der Waals surface area (Å²) in [5.41, 5.74) is 3.81.